The molecule has 0 saturated heterocycles. The maximum atomic E-state index is 11.1. The number of methoxy groups -OCH3 is 1. The van der Waals surface area contributed by atoms with Gasteiger partial charge in [-0.15, -0.1) is 0 Å². The quantitative estimate of drug-likeness (QED) is 0.754. The standard InChI is InChI=1S/C13H19ClN2O3/c1-13(2,6-7-19-3)8-15-11-9(12(17)18)4-5-10(14)16-11/h4-5H,6-8H2,1-3H3,(H,15,16)(H,17,18). The molecule has 5 nitrogen and oxygen atoms in total. The van der Waals surface area contributed by atoms with Crippen molar-refractivity contribution in [1.29, 1.82) is 0 Å². The number of carboxylic acid groups (broad SMARTS) is 1. The van der Waals surface area contributed by atoms with Crippen LogP contribution in [0.2, 0.25) is 5.15 Å². The van der Waals surface area contributed by atoms with E-state index in [0.717, 1.165) is 6.42 Å². The zero-order valence-electron chi connectivity index (χ0n) is 11.4. The molecule has 0 bridgehead atoms. The fraction of sp³-hybridized carbons (Fsp3) is 0.538. The number of aromatic nitrogens is 1. The highest BCUT2D eigenvalue weighted by molar-refractivity contribution is 6.29. The molecule has 1 aromatic rings. The van der Waals surface area contributed by atoms with E-state index < -0.39 is 5.97 Å². The van der Waals surface area contributed by atoms with Crippen molar-refractivity contribution >= 4 is 23.4 Å². The molecule has 0 aliphatic carbocycles. The molecular weight excluding hydrogens is 268 g/mol. The molecule has 0 amide bonds. The van der Waals surface area contributed by atoms with Crippen LogP contribution in [0.1, 0.15) is 30.6 Å². The number of ether oxygens (including phenoxy) is 1. The monoisotopic (exact) mass is 286 g/mol. The Morgan fingerprint density at radius 2 is 2.21 bits per heavy atom. The Hall–Kier alpha value is -1.33. The van der Waals surface area contributed by atoms with E-state index in [-0.39, 0.29) is 16.1 Å². The third-order valence-corrected chi connectivity index (χ3v) is 3.02. The number of carboxylic acids is 1. The predicted octanol–water partition coefficient (Wildman–Crippen LogP) is 2.91. The summed E-state index contributed by atoms with van der Waals surface area (Å²) in [5.41, 5.74) is 0.0856. The van der Waals surface area contributed by atoms with Crippen molar-refractivity contribution in [2.45, 2.75) is 20.3 Å². The molecule has 6 heteroatoms. The summed E-state index contributed by atoms with van der Waals surface area (Å²) in [6, 6.07) is 2.91. The molecule has 0 aromatic carbocycles. The van der Waals surface area contributed by atoms with E-state index in [0.29, 0.717) is 19.0 Å². The molecule has 0 fully saturated rings. The highest BCUT2D eigenvalue weighted by atomic mass is 35.5. The second-order valence-corrected chi connectivity index (χ2v) is 5.48. The number of nitrogens with one attached hydrogen (secondary N) is 1. The van der Waals surface area contributed by atoms with Crippen LogP contribution in [0.3, 0.4) is 0 Å². The molecule has 2 N–H and O–H groups in total. The third kappa shape index (κ3) is 5.04. The topological polar surface area (TPSA) is 71.5 Å². The van der Waals surface area contributed by atoms with E-state index in [2.05, 4.69) is 24.1 Å². The first-order chi connectivity index (χ1) is 8.85. The second-order valence-electron chi connectivity index (χ2n) is 5.10. The molecule has 0 aliphatic heterocycles. The van der Waals surface area contributed by atoms with Gasteiger partial charge in [0.15, 0.2) is 0 Å². The van der Waals surface area contributed by atoms with Crippen molar-refractivity contribution in [3.05, 3.63) is 22.8 Å². The van der Waals surface area contributed by atoms with Crippen LogP contribution in [0.25, 0.3) is 0 Å². The molecule has 1 heterocycles. The van der Waals surface area contributed by atoms with E-state index in [1.807, 2.05) is 0 Å². The van der Waals surface area contributed by atoms with Gasteiger partial charge in [0.25, 0.3) is 0 Å². The van der Waals surface area contributed by atoms with Crippen LogP contribution in [0.5, 0.6) is 0 Å². The Bertz CT molecular complexity index is 450. The van der Waals surface area contributed by atoms with Gasteiger partial charge in [-0.2, -0.15) is 0 Å². The largest absolute Gasteiger partial charge is 0.478 e. The Kier molecular flexibility index (Phi) is 5.57. The average Bonchev–Trinajstić information content (AvgIpc) is 2.34. The molecule has 0 atom stereocenters. The van der Waals surface area contributed by atoms with Gasteiger partial charge in [0.2, 0.25) is 0 Å². The van der Waals surface area contributed by atoms with E-state index in [1.54, 1.807) is 7.11 Å². The summed E-state index contributed by atoms with van der Waals surface area (Å²) < 4.78 is 5.05. The van der Waals surface area contributed by atoms with Crippen molar-refractivity contribution in [3.63, 3.8) is 0 Å². The smallest absolute Gasteiger partial charge is 0.339 e. The molecular formula is C13H19ClN2O3. The Labute approximate surface area is 117 Å². The van der Waals surface area contributed by atoms with Crippen molar-refractivity contribution in [2.24, 2.45) is 5.41 Å². The fourth-order valence-electron chi connectivity index (χ4n) is 1.53. The van der Waals surface area contributed by atoms with Crippen LogP contribution >= 0.6 is 11.6 Å². The number of halogens is 1. The van der Waals surface area contributed by atoms with Crippen LogP contribution in [-0.2, 0) is 4.74 Å². The van der Waals surface area contributed by atoms with E-state index in [4.69, 9.17) is 21.4 Å². The molecule has 0 radical (unpaired) electrons. The van der Waals surface area contributed by atoms with Gasteiger partial charge in [0.05, 0.1) is 0 Å². The van der Waals surface area contributed by atoms with Crippen LogP contribution in [-0.4, -0.2) is 36.3 Å². The summed E-state index contributed by atoms with van der Waals surface area (Å²) in [5.74, 6) is -0.730. The Morgan fingerprint density at radius 3 is 2.79 bits per heavy atom. The number of nitrogens with zero attached hydrogens (tertiary/aromatic N) is 1. The van der Waals surface area contributed by atoms with Gasteiger partial charge >= 0.3 is 5.97 Å². The lowest BCUT2D eigenvalue weighted by Crippen LogP contribution is -2.25. The summed E-state index contributed by atoms with van der Waals surface area (Å²) in [6.07, 6.45) is 0.861. The van der Waals surface area contributed by atoms with Crippen molar-refractivity contribution in [1.82, 2.24) is 4.98 Å². The number of rotatable bonds is 7. The predicted molar refractivity (Wildman–Crippen MR) is 75.0 cm³/mol. The summed E-state index contributed by atoms with van der Waals surface area (Å²) in [6.45, 7) is 5.39. The third-order valence-electron chi connectivity index (χ3n) is 2.81. The van der Waals surface area contributed by atoms with Gasteiger partial charge in [-0.05, 0) is 24.0 Å². The minimum Gasteiger partial charge on any atom is -0.478 e. The molecule has 0 aliphatic rings. The lowest BCUT2D eigenvalue weighted by molar-refractivity contribution is 0.0697. The first-order valence-electron chi connectivity index (χ1n) is 5.98. The second kappa shape index (κ2) is 6.73. The number of aromatic carboxylic acids is 1. The average molecular weight is 287 g/mol. The van der Waals surface area contributed by atoms with Crippen LogP contribution in [0, 0.1) is 5.41 Å². The van der Waals surface area contributed by atoms with E-state index in [1.165, 1.54) is 12.1 Å². The van der Waals surface area contributed by atoms with Gasteiger partial charge < -0.3 is 15.2 Å². The summed E-state index contributed by atoms with van der Waals surface area (Å²) >= 11 is 5.79. The van der Waals surface area contributed by atoms with Crippen molar-refractivity contribution in [3.8, 4) is 0 Å². The van der Waals surface area contributed by atoms with Gasteiger partial charge in [0.1, 0.15) is 16.5 Å². The molecule has 1 aromatic heterocycles. The lowest BCUT2D eigenvalue weighted by Gasteiger charge is -2.25. The molecule has 106 valence electrons. The Balaban J connectivity index is 2.76. The molecule has 0 spiro atoms. The van der Waals surface area contributed by atoms with Gasteiger partial charge in [0, 0.05) is 20.3 Å². The minimum absolute atomic E-state index is 0.0320. The highest BCUT2D eigenvalue weighted by Gasteiger charge is 2.19. The maximum Gasteiger partial charge on any atom is 0.339 e. The molecule has 1 rings (SSSR count). The van der Waals surface area contributed by atoms with Crippen molar-refractivity contribution < 1.29 is 14.6 Å². The zero-order valence-corrected chi connectivity index (χ0v) is 12.1. The number of hydrogen-bond acceptors (Lipinski definition) is 4. The number of anilines is 1. The lowest BCUT2D eigenvalue weighted by atomic mass is 9.89. The molecule has 0 saturated carbocycles. The number of hydrogen-bond donors (Lipinski definition) is 2. The van der Waals surface area contributed by atoms with Crippen LogP contribution in [0.15, 0.2) is 12.1 Å². The summed E-state index contributed by atoms with van der Waals surface area (Å²) in [7, 11) is 1.66. The normalized spacial score (nSPS) is 11.4. The van der Waals surface area contributed by atoms with Crippen LogP contribution < -0.4 is 5.32 Å². The molecule has 0 unspecified atom stereocenters. The minimum atomic E-state index is -1.03. The first-order valence-corrected chi connectivity index (χ1v) is 6.36. The summed E-state index contributed by atoms with van der Waals surface area (Å²) in [4.78, 5) is 15.1. The highest BCUT2D eigenvalue weighted by Crippen LogP contribution is 2.23. The first kappa shape index (κ1) is 15.7. The molecule has 19 heavy (non-hydrogen) atoms. The van der Waals surface area contributed by atoms with Gasteiger partial charge in [-0.25, -0.2) is 9.78 Å². The van der Waals surface area contributed by atoms with E-state index in [9.17, 15) is 4.79 Å². The Morgan fingerprint density at radius 1 is 1.53 bits per heavy atom. The van der Waals surface area contributed by atoms with Gasteiger partial charge in [-0.1, -0.05) is 25.4 Å². The van der Waals surface area contributed by atoms with Crippen LogP contribution in [0.4, 0.5) is 5.82 Å². The zero-order chi connectivity index (χ0) is 14.5. The number of carbonyl (C=O) groups is 1. The number of pyridine rings is 1. The van der Waals surface area contributed by atoms with Crippen molar-refractivity contribution in [2.75, 3.05) is 25.6 Å². The van der Waals surface area contributed by atoms with E-state index >= 15 is 0 Å². The summed E-state index contributed by atoms with van der Waals surface area (Å²) in [5, 5.41) is 12.4. The fourth-order valence-corrected chi connectivity index (χ4v) is 1.68. The van der Waals surface area contributed by atoms with Gasteiger partial charge in [-0.3, -0.25) is 0 Å². The SMILES string of the molecule is COCCC(C)(C)CNc1nc(Cl)ccc1C(=O)O. The maximum absolute atomic E-state index is 11.1.